The number of carbonyl (C=O) groups excluding carboxylic acids is 1. The van der Waals surface area contributed by atoms with Gasteiger partial charge in [-0.15, -0.1) is 11.6 Å². The average Bonchev–Trinajstić information content (AvgIpc) is 2.22. The highest BCUT2D eigenvalue weighted by molar-refractivity contribution is 6.43. The van der Waals surface area contributed by atoms with Crippen molar-refractivity contribution in [1.82, 2.24) is 5.32 Å². The molecular weight excluding hydrogens is 256 g/mol. The van der Waals surface area contributed by atoms with E-state index in [-0.39, 0.29) is 10.9 Å². The summed E-state index contributed by atoms with van der Waals surface area (Å²) in [6, 6.07) is 4.95. The number of alkyl halides is 1. The predicted octanol–water partition coefficient (Wildman–Crippen LogP) is 3.35. The van der Waals surface area contributed by atoms with E-state index in [2.05, 4.69) is 5.32 Å². The molecule has 1 amide bonds. The Labute approximate surface area is 104 Å². The summed E-state index contributed by atoms with van der Waals surface area (Å²) in [7, 11) is 0. The molecule has 0 spiro atoms. The van der Waals surface area contributed by atoms with E-state index in [4.69, 9.17) is 34.8 Å². The van der Waals surface area contributed by atoms with Gasteiger partial charge in [0, 0.05) is 12.4 Å². The van der Waals surface area contributed by atoms with Gasteiger partial charge in [-0.3, -0.25) is 4.79 Å². The molecule has 2 nitrogen and oxygen atoms in total. The first-order valence-corrected chi connectivity index (χ1v) is 5.74. The fraction of sp³-hybridized carbons (Fsp3) is 0.300. The zero-order valence-corrected chi connectivity index (χ0v) is 10.2. The molecule has 5 heteroatoms. The van der Waals surface area contributed by atoms with Crippen LogP contribution in [0.15, 0.2) is 18.2 Å². The topological polar surface area (TPSA) is 29.1 Å². The predicted molar refractivity (Wildman–Crippen MR) is 64.1 cm³/mol. The summed E-state index contributed by atoms with van der Waals surface area (Å²) in [6.45, 7) is 0.533. The summed E-state index contributed by atoms with van der Waals surface area (Å²) in [5.41, 5.74) is 0.388. The van der Waals surface area contributed by atoms with E-state index in [1.54, 1.807) is 18.2 Å². The summed E-state index contributed by atoms with van der Waals surface area (Å²) in [5.74, 6) is 0.288. The molecule has 0 aliphatic heterocycles. The molecule has 0 aromatic heterocycles. The quantitative estimate of drug-likeness (QED) is 0.657. The number of rotatable bonds is 4. The summed E-state index contributed by atoms with van der Waals surface area (Å²) in [4.78, 5) is 11.6. The lowest BCUT2D eigenvalue weighted by Gasteiger charge is -2.06. The van der Waals surface area contributed by atoms with Crippen LogP contribution in [-0.4, -0.2) is 18.3 Å². The molecule has 0 saturated heterocycles. The van der Waals surface area contributed by atoms with Gasteiger partial charge in [-0.25, -0.2) is 0 Å². The third kappa shape index (κ3) is 3.56. The second kappa shape index (κ2) is 6.21. The monoisotopic (exact) mass is 265 g/mol. The Balaban J connectivity index is 2.69. The lowest BCUT2D eigenvalue weighted by molar-refractivity contribution is 0.0954. The van der Waals surface area contributed by atoms with Crippen molar-refractivity contribution >= 4 is 40.7 Å². The largest absolute Gasteiger partial charge is 0.352 e. The molecule has 0 radical (unpaired) electrons. The molecule has 0 unspecified atom stereocenters. The Morgan fingerprint density at radius 1 is 1.33 bits per heavy atom. The average molecular weight is 267 g/mol. The molecule has 1 rings (SSSR count). The van der Waals surface area contributed by atoms with Crippen molar-refractivity contribution < 1.29 is 4.79 Å². The fourth-order valence-corrected chi connectivity index (χ4v) is 1.56. The first kappa shape index (κ1) is 12.6. The maximum Gasteiger partial charge on any atom is 0.252 e. The Hall–Kier alpha value is -0.440. The maximum absolute atomic E-state index is 11.6. The highest BCUT2D eigenvalue weighted by Gasteiger charge is 2.11. The Bertz CT molecular complexity index is 355. The van der Waals surface area contributed by atoms with Crippen LogP contribution in [0.3, 0.4) is 0 Å². The van der Waals surface area contributed by atoms with Crippen molar-refractivity contribution in [3.63, 3.8) is 0 Å². The van der Waals surface area contributed by atoms with E-state index in [9.17, 15) is 4.79 Å². The van der Waals surface area contributed by atoms with Gasteiger partial charge in [-0.1, -0.05) is 29.3 Å². The van der Waals surface area contributed by atoms with Crippen LogP contribution in [0.25, 0.3) is 0 Å². The molecule has 0 fully saturated rings. The minimum atomic E-state index is -0.229. The summed E-state index contributed by atoms with van der Waals surface area (Å²) >= 11 is 17.2. The molecule has 0 bridgehead atoms. The van der Waals surface area contributed by atoms with Crippen molar-refractivity contribution in [3.8, 4) is 0 Å². The molecular formula is C10H10Cl3NO. The van der Waals surface area contributed by atoms with Gasteiger partial charge in [0.1, 0.15) is 0 Å². The van der Waals surface area contributed by atoms with Gasteiger partial charge in [0.15, 0.2) is 0 Å². The lowest BCUT2D eigenvalue weighted by Crippen LogP contribution is -2.24. The SMILES string of the molecule is O=C(NCCCCl)c1cccc(Cl)c1Cl. The summed E-state index contributed by atoms with van der Waals surface area (Å²) in [6.07, 6.45) is 0.728. The number of hydrogen-bond acceptors (Lipinski definition) is 1. The van der Waals surface area contributed by atoms with Gasteiger partial charge in [0.25, 0.3) is 5.91 Å². The van der Waals surface area contributed by atoms with Gasteiger partial charge in [-0.05, 0) is 18.6 Å². The van der Waals surface area contributed by atoms with Crippen molar-refractivity contribution in [2.24, 2.45) is 0 Å². The molecule has 0 atom stereocenters. The minimum absolute atomic E-state index is 0.229. The molecule has 15 heavy (non-hydrogen) atoms. The van der Waals surface area contributed by atoms with Crippen molar-refractivity contribution in [2.45, 2.75) is 6.42 Å². The lowest BCUT2D eigenvalue weighted by atomic mass is 10.2. The number of carbonyl (C=O) groups is 1. The van der Waals surface area contributed by atoms with Crippen LogP contribution in [0.4, 0.5) is 0 Å². The van der Waals surface area contributed by atoms with Gasteiger partial charge >= 0.3 is 0 Å². The zero-order chi connectivity index (χ0) is 11.3. The van der Waals surface area contributed by atoms with E-state index >= 15 is 0 Å². The highest BCUT2D eigenvalue weighted by Crippen LogP contribution is 2.25. The third-order valence-electron chi connectivity index (χ3n) is 1.79. The van der Waals surface area contributed by atoms with Gasteiger partial charge in [0.2, 0.25) is 0 Å². The summed E-state index contributed by atoms with van der Waals surface area (Å²) in [5, 5.41) is 3.36. The van der Waals surface area contributed by atoms with Gasteiger partial charge in [-0.2, -0.15) is 0 Å². The van der Waals surface area contributed by atoms with Gasteiger partial charge < -0.3 is 5.32 Å². The smallest absolute Gasteiger partial charge is 0.252 e. The van der Waals surface area contributed by atoms with Crippen LogP contribution in [0, 0.1) is 0 Å². The van der Waals surface area contributed by atoms with Crippen molar-refractivity contribution in [2.75, 3.05) is 12.4 Å². The second-order valence-corrected chi connectivity index (χ2v) is 4.06. The fourth-order valence-electron chi connectivity index (χ4n) is 1.04. The molecule has 0 saturated carbocycles. The van der Waals surface area contributed by atoms with E-state index < -0.39 is 0 Å². The van der Waals surface area contributed by atoms with E-state index in [1.165, 1.54) is 0 Å². The van der Waals surface area contributed by atoms with E-state index in [0.29, 0.717) is 23.0 Å². The number of amides is 1. The third-order valence-corrected chi connectivity index (χ3v) is 2.88. The molecule has 1 aromatic rings. The van der Waals surface area contributed by atoms with E-state index in [0.717, 1.165) is 6.42 Å². The molecule has 1 aromatic carbocycles. The van der Waals surface area contributed by atoms with Crippen LogP contribution in [0.2, 0.25) is 10.0 Å². The Morgan fingerprint density at radius 3 is 2.73 bits per heavy atom. The van der Waals surface area contributed by atoms with E-state index in [1.807, 2.05) is 0 Å². The first-order chi connectivity index (χ1) is 7.16. The molecule has 0 heterocycles. The van der Waals surface area contributed by atoms with Crippen LogP contribution in [0.5, 0.6) is 0 Å². The van der Waals surface area contributed by atoms with Crippen molar-refractivity contribution in [1.29, 1.82) is 0 Å². The number of benzene rings is 1. The summed E-state index contributed by atoms with van der Waals surface area (Å²) < 4.78 is 0. The first-order valence-electron chi connectivity index (χ1n) is 4.45. The highest BCUT2D eigenvalue weighted by atomic mass is 35.5. The van der Waals surface area contributed by atoms with Crippen LogP contribution < -0.4 is 5.32 Å². The van der Waals surface area contributed by atoms with Crippen molar-refractivity contribution in [3.05, 3.63) is 33.8 Å². The molecule has 1 N–H and O–H groups in total. The number of hydrogen-bond donors (Lipinski definition) is 1. The standard InChI is InChI=1S/C10H10Cl3NO/c11-5-2-6-14-10(15)7-3-1-4-8(12)9(7)13/h1,3-4H,2,5-6H2,(H,14,15). The normalized spacial score (nSPS) is 10.1. The molecule has 82 valence electrons. The minimum Gasteiger partial charge on any atom is -0.352 e. The van der Waals surface area contributed by atoms with Crippen LogP contribution >= 0.6 is 34.8 Å². The Morgan fingerprint density at radius 2 is 2.07 bits per heavy atom. The van der Waals surface area contributed by atoms with Crippen LogP contribution in [0.1, 0.15) is 16.8 Å². The zero-order valence-electron chi connectivity index (χ0n) is 7.90. The number of nitrogens with one attached hydrogen (secondary N) is 1. The molecule has 0 aliphatic carbocycles. The maximum atomic E-state index is 11.6. The molecule has 0 aliphatic rings. The Kier molecular flexibility index (Phi) is 5.23. The van der Waals surface area contributed by atoms with Gasteiger partial charge in [0.05, 0.1) is 15.6 Å². The van der Waals surface area contributed by atoms with Crippen LogP contribution in [-0.2, 0) is 0 Å². The second-order valence-electron chi connectivity index (χ2n) is 2.90. The number of halogens is 3.